The maximum absolute atomic E-state index is 13.6. The van der Waals surface area contributed by atoms with Crippen LogP contribution in [0.3, 0.4) is 0 Å². The van der Waals surface area contributed by atoms with Crippen molar-refractivity contribution >= 4 is 17.5 Å². The van der Waals surface area contributed by atoms with E-state index in [1.165, 1.54) is 18.5 Å². The second-order valence-electron chi connectivity index (χ2n) is 6.02. The average Bonchev–Trinajstić information content (AvgIpc) is 2.58. The van der Waals surface area contributed by atoms with Crippen molar-refractivity contribution in [3.8, 4) is 0 Å². The van der Waals surface area contributed by atoms with Crippen LogP contribution in [0.25, 0.3) is 0 Å². The number of carbonyl (C=O) groups is 1. The number of halogens is 2. The minimum Gasteiger partial charge on any atom is -0.341 e. The minimum atomic E-state index is -0.830. The van der Waals surface area contributed by atoms with E-state index >= 15 is 0 Å². The number of nitrogens with one attached hydrogen (secondary N) is 1. The third-order valence-corrected chi connectivity index (χ3v) is 4.15. The largest absolute Gasteiger partial charge is 0.341 e. The molecule has 1 aliphatic heterocycles. The second kappa shape index (κ2) is 6.90. The molecule has 1 aliphatic rings. The van der Waals surface area contributed by atoms with Gasteiger partial charge >= 0.3 is 0 Å². The van der Waals surface area contributed by atoms with Crippen LogP contribution < -0.4 is 10.2 Å². The number of piperidine rings is 1. The maximum atomic E-state index is 13.6. The first-order valence-corrected chi connectivity index (χ1v) is 7.86. The van der Waals surface area contributed by atoms with E-state index in [0.717, 1.165) is 32.0 Å². The Morgan fingerprint density at radius 1 is 1.21 bits per heavy atom. The molecule has 0 bridgehead atoms. The highest BCUT2D eigenvalue weighted by Gasteiger charge is 2.18. The molecule has 5 nitrogen and oxygen atoms in total. The fourth-order valence-corrected chi connectivity index (χ4v) is 2.60. The van der Waals surface area contributed by atoms with Crippen LogP contribution in [0, 0.1) is 17.6 Å². The SMILES string of the molecule is CC1CCN(c2ncc(C(=O)Nc3ccc(F)cc3F)cn2)CC1. The highest BCUT2D eigenvalue weighted by atomic mass is 19.1. The molecule has 1 saturated heterocycles. The summed E-state index contributed by atoms with van der Waals surface area (Å²) in [5.74, 6) is -0.778. The van der Waals surface area contributed by atoms with Crippen molar-refractivity contribution in [2.45, 2.75) is 19.8 Å². The number of anilines is 2. The standard InChI is InChI=1S/C17H18F2N4O/c1-11-4-6-23(7-5-11)17-20-9-12(10-21-17)16(24)22-15-3-2-13(18)8-14(15)19/h2-3,8-11H,4-7H2,1H3,(H,22,24). The maximum Gasteiger partial charge on any atom is 0.258 e. The predicted molar refractivity (Wildman–Crippen MR) is 87.0 cm³/mol. The van der Waals surface area contributed by atoms with Crippen molar-refractivity contribution in [1.29, 1.82) is 0 Å². The van der Waals surface area contributed by atoms with Crippen LogP contribution in [0.5, 0.6) is 0 Å². The quantitative estimate of drug-likeness (QED) is 0.937. The zero-order valence-corrected chi connectivity index (χ0v) is 13.3. The second-order valence-corrected chi connectivity index (χ2v) is 6.02. The van der Waals surface area contributed by atoms with Crippen molar-refractivity contribution in [3.63, 3.8) is 0 Å². The number of carbonyl (C=O) groups excluding carboxylic acids is 1. The fraction of sp³-hybridized carbons (Fsp3) is 0.353. The van der Waals surface area contributed by atoms with Crippen molar-refractivity contribution in [2.24, 2.45) is 5.92 Å². The van der Waals surface area contributed by atoms with Gasteiger partial charge < -0.3 is 10.2 Å². The van der Waals surface area contributed by atoms with Gasteiger partial charge in [0.05, 0.1) is 11.3 Å². The Bertz CT molecular complexity index is 728. The molecule has 1 N–H and O–H groups in total. The van der Waals surface area contributed by atoms with Crippen molar-refractivity contribution in [2.75, 3.05) is 23.3 Å². The Hall–Kier alpha value is -2.57. The van der Waals surface area contributed by atoms with Gasteiger partial charge in [-0.3, -0.25) is 4.79 Å². The van der Waals surface area contributed by atoms with Crippen LogP contribution in [0.15, 0.2) is 30.6 Å². The van der Waals surface area contributed by atoms with Gasteiger partial charge in [-0.1, -0.05) is 6.92 Å². The zero-order valence-electron chi connectivity index (χ0n) is 13.3. The Morgan fingerprint density at radius 3 is 2.50 bits per heavy atom. The van der Waals surface area contributed by atoms with Gasteiger partial charge in [-0.15, -0.1) is 0 Å². The van der Waals surface area contributed by atoms with Gasteiger partial charge in [0.1, 0.15) is 11.6 Å². The summed E-state index contributed by atoms with van der Waals surface area (Å²) in [5.41, 5.74) is 0.128. The Labute approximate surface area is 138 Å². The van der Waals surface area contributed by atoms with Gasteiger partial charge in [0.15, 0.2) is 0 Å². The van der Waals surface area contributed by atoms with Gasteiger partial charge in [-0.05, 0) is 30.9 Å². The summed E-state index contributed by atoms with van der Waals surface area (Å²) in [6.45, 7) is 4.02. The lowest BCUT2D eigenvalue weighted by molar-refractivity contribution is 0.102. The highest BCUT2D eigenvalue weighted by Crippen LogP contribution is 2.20. The number of amides is 1. The number of hydrogen-bond acceptors (Lipinski definition) is 4. The van der Waals surface area contributed by atoms with Crippen LogP contribution in [0.4, 0.5) is 20.4 Å². The van der Waals surface area contributed by atoms with Gasteiger partial charge in [0.25, 0.3) is 5.91 Å². The number of aromatic nitrogens is 2. The predicted octanol–water partition coefficient (Wildman–Crippen LogP) is 3.24. The first-order chi connectivity index (χ1) is 11.5. The molecular formula is C17H18F2N4O. The topological polar surface area (TPSA) is 58.1 Å². The van der Waals surface area contributed by atoms with Crippen LogP contribution in [-0.4, -0.2) is 29.0 Å². The zero-order chi connectivity index (χ0) is 17.1. The van der Waals surface area contributed by atoms with Gasteiger partial charge in [-0.25, -0.2) is 18.7 Å². The molecule has 1 aromatic heterocycles. The van der Waals surface area contributed by atoms with E-state index in [9.17, 15) is 13.6 Å². The van der Waals surface area contributed by atoms with Gasteiger partial charge in [0.2, 0.25) is 5.95 Å². The lowest BCUT2D eigenvalue weighted by Gasteiger charge is -2.30. The molecule has 2 heterocycles. The summed E-state index contributed by atoms with van der Waals surface area (Å²) in [4.78, 5) is 22.7. The van der Waals surface area contributed by atoms with Crippen LogP contribution >= 0.6 is 0 Å². The van der Waals surface area contributed by atoms with Crippen LogP contribution in [0.2, 0.25) is 0 Å². The Balaban J connectivity index is 1.67. The summed E-state index contributed by atoms with van der Waals surface area (Å²) >= 11 is 0. The number of benzene rings is 1. The van der Waals surface area contributed by atoms with E-state index in [4.69, 9.17) is 0 Å². The number of nitrogens with zero attached hydrogens (tertiary/aromatic N) is 3. The van der Waals surface area contributed by atoms with E-state index in [1.54, 1.807) is 0 Å². The molecule has 0 aliphatic carbocycles. The summed E-state index contributed by atoms with van der Waals surface area (Å²) in [6, 6.07) is 2.97. The van der Waals surface area contributed by atoms with E-state index in [0.29, 0.717) is 17.9 Å². The molecule has 2 aromatic rings. The third kappa shape index (κ3) is 3.67. The molecule has 24 heavy (non-hydrogen) atoms. The molecule has 3 rings (SSSR count). The molecule has 0 atom stereocenters. The molecule has 1 aromatic carbocycles. The number of hydrogen-bond donors (Lipinski definition) is 1. The molecule has 7 heteroatoms. The van der Waals surface area contributed by atoms with Gasteiger partial charge in [0, 0.05) is 31.5 Å². The number of rotatable bonds is 3. The molecule has 1 amide bonds. The van der Waals surface area contributed by atoms with E-state index < -0.39 is 17.5 Å². The molecule has 0 saturated carbocycles. The summed E-state index contributed by atoms with van der Waals surface area (Å²) in [6.07, 6.45) is 5.01. The molecule has 0 unspecified atom stereocenters. The van der Waals surface area contributed by atoms with E-state index in [2.05, 4.69) is 27.1 Å². The van der Waals surface area contributed by atoms with Crippen molar-refractivity contribution in [3.05, 3.63) is 47.8 Å². The fourth-order valence-electron chi connectivity index (χ4n) is 2.60. The first kappa shape index (κ1) is 16.3. The van der Waals surface area contributed by atoms with Crippen LogP contribution in [0.1, 0.15) is 30.1 Å². The smallest absolute Gasteiger partial charge is 0.258 e. The van der Waals surface area contributed by atoms with E-state index in [1.807, 2.05) is 0 Å². The Kier molecular flexibility index (Phi) is 4.69. The Morgan fingerprint density at radius 2 is 1.88 bits per heavy atom. The lowest BCUT2D eigenvalue weighted by atomic mass is 10.00. The van der Waals surface area contributed by atoms with Crippen molar-refractivity contribution < 1.29 is 13.6 Å². The van der Waals surface area contributed by atoms with Gasteiger partial charge in [-0.2, -0.15) is 0 Å². The molecule has 0 radical (unpaired) electrons. The highest BCUT2D eigenvalue weighted by molar-refractivity contribution is 6.03. The van der Waals surface area contributed by atoms with E-state index in [-0.39, 0.29) is 11.3 Å². The normalized spacial score (nSPS) is 15.4. The summed E-state index contributed by atoms with van der Waals surface area (Å²) < 4.78 is 26.4. The molecule has 126 valence electrons. The van der Waals surface area contributed by atoms with Crippen molar-refractivity contribution in [1.82, 2.24) is 9.97 Å². The molecule has 1 fully saturated rings. The third-order valence-electron chi connectivity index (χ3n) is 4.15. The average molecular weight is 332 g/mol. The first-order valence-electron chi connectivity index (χ1n) is 7.86. The summed E-state index contributed by atoms with van der Waals surface area (Å²) in [5, 5.41) is 2.38. The molecule has 0 spiro atoms. The minimum absolute atomic E-state index is 0.0875. The lowest BCUT2D eigenvalue weighted by Crippen LogP contribution is -2.34. The molecular weight excluding hydrogens is 314 g/mol. The van der Waals surface area contributed by atoms with Crippen LogP contribution in [-0.2, 0) is 0 Å². The monoisotopic (exact) mass is 332 g/mol. The summed E-state index contributed by atoms with van der Waals surface area (Å²) in [7, 11) is 0.